The van der Waals surface area contributed by atoms with Gasteiger partial charge in [0.1, 0.15) is 23.4 Å². The number of methoxy groups -OCH3 is 1. The quantitative estimate of drug-likeness (QED) is 0.325. The summed E-state index contributed by atoms with van der Waals surface area (Å²) in [4.78, 5) is 50.2. The lowest BCUT2D eigenvalue weighted by Gasteiger charge is -2.25. The summed E-state index contributed by atoms with van der Waals surface area (Å²) < 4.78 is 10.5. The number of ketones is 1. The predicted molar refractivity (Wildman–Crippen MR) is 131 cm³/mol. The second-order valence-corrected chi connectivity index (χ2v) is 8.92. The van der Waals surface area contributed by atoms with Crippen molar-refractivity contribution in [1.29, 1.82) is 0 Å². The van der Waals surface area contributed by atoms with Crippen LogP contribution in [0.3, 0.4) is 0 Å². The highest BCUT2D eigenvalue weighted by Crippen LogP contribution is 2.29. The molecule has 1 aliphatic rings. The van der Waals surface area contributed by atoms with E-state index in [1.54, 1.807) is 31.2 Å². The Morgan fingerprint density at radius 3 is 2.03 bits per heavy atom. The Labute approximate surface area is 209 Å². The van der Waals surface area contributed by atoms with Gasteiger partial charge in [-0.3, -0.25) is 14.4 Å². The van der Waals surface area contributed by atoms with Crippen LogP contribution in [-0.2, 0) is 32.0 Å². The third-order valence-corrected chi connectivity index (χ3v) is 5.98. The number of amides is 3. The van der Waals surface area contributed by atoms with E-state index in [2.05, 4.69) is 16.0 Å². The van der Waals surface area contributed by atoms with Crippen LogP contribution in [0.25, 0.3) is 0 Å². The van der Waals surface area contributed by atoms with Crippen molar-refractivity contribution >= 4 is 23.7 Å². The fourth-order valence-corrected chi connectivity index (χ4v) is 3.70. The summed E-state index contributed by atoms with van der Waals surface area (Å²) in [6.07, 6.45) is -0.994. The summed E-state index contributed by atoms with van der Waals surface area (Å²) in [5.74, 6) is -0.862. The smallest absolute Gasteiger partial charge is 0.405 e. The third-order valence-electron chi connectivity index (χ3n) is 5.98. The average molecular weight is 498 g/mol. The van der Waals surface area contributed by atoms with Gasteiger partial charge in [0.05, 0.1) is 19.8 Å². The molecule has 4 atom stereocenters. The van der Waals surface area contributed by atoms with Crippen LogP contribution in [0.4, 0.5) is 4.79 Å². The van der Waals surface area contributed by atoms with Crippen LogP contribution in [0, 0.1) is 0 Å². The lowest BCUT2D eigenvalue weighted by Crippen LogP contribution is -2.57. The Morgan fingerprint density at radius 1 is 0.917 bits per heavy atom. The summed E-state index contributed by atoms with van der Waals surface area (Å²) in [6.45, 7) is 3.32. The first kappa shape index (κ1) is 26.7. The Morgan fingerprint density at radius 2 is 1.47 bits per heavy atom. The van der Waals surface area contributed by atoms with Crippen LogP contribution in [0.5, 0.6) is 5.75 Å². The molecule has 3 rings (SSSR count). The minimum Gasteiger partial charge on any atom is -0.497 e. The molecule has 0 saturated carbocycles. The molecule has 0 aromatic heterocycles. The SMILES string of the molecule is COc1ccc(C[C@H](NC(=O)[C@@H](C)NC(=O)O)C(=O)N[C@@H](Cc2ccccc2)C(=O)[C@]2(C)CO2)cc1. The first-order valence-electron chi connectivity index (χ1n) is 11.6. The largest absolute Gasteiger partial charge is 0.497 e. The zero-order valence-electron chi connectivity index (χ0n) is 20.4. The number of hydrogen-bond donors (Lipinski definition) is 4. The minimum atomic E-state index is -1.36. The van der Waals surface area contributed by atoms with E-state index < -0.39 is 41.6 Å². The van der Waals surface area contributed by atoms with Gasteiger partial charge in [0.15, 0.2) is 5.78 Å². The standard InChI is InChI=1S/C26H31N3O7/c1-16(27-25(33)34)23(31)29-21(14-18-9-11-19(35-3)12-10-18)24(32)28-20(22(30)26(2)15-36-26)13-17-7-5-4-6-8-17/h4-12,16,20-21,27H,13-15H2,1-3H3,(H,28,32)(H,29,31)(H,33,34)/t16-,20+,21+,26+/m1/s1. The van der Waals surface area contributed by atoms with Crippen LogP contribution >= 0.6 is 0 Å². The van der Waals surface area contributed by atoms with Crippen molar-refractivity contribution in [3.8, 4) is 5.75 Å². The van der Waals surface area contributed by atoms with Crippen LogP contribution in [0.15, 0.2) is 54.6 Å². The van der Waals surface area contributed by atoms with E-state index in [4.69, 9.17) is 14.6 Å². The number of nitrogens with one attached hydrogen (secondary N) is 3. The Hall–Kier alpha value is -3.92. The number of carboxylic acid groups (broad SMARTS) is 1. The van der Waals surface area contributed by atoms with Crippen molar-refractivity contribution in [3.63, 3.8) is 0 Å². The molecule has 1 fully saturated rings. The molecule has 4 N–H and O–H groups in total. The monoisotopic (exact) mass is 497 g/mol. The molecule has 192 valence electrons. The fraction of sp³-hybridized carbons (Fsp3) is 0.385. The molecule has 10 heteroatoms. The Bertz CT molecular complexity index is 1080. The molecule has 1 heterocycles. The Balaban J connectivity index is 1.81. The van der Waals surface area contributed by atoms with Gasteiger partial charge in [-0.15, -0.1) is 0 Å². The first-order valence-corrected chi connectivity index (χ1v) is 11.6. The van der Waals surface area contributed by atoms with Gasteiger partial charge in [-0.25, -0.2) is 4.79 Å². The number of ether oxygens (including phenoxy) is 2. The number of epoxide rings is 1. The summed E-state index contributed by atoms with van der Waals surface area (Å²) in [6, 6.07) is 13.2. The predicted octanol–water partition coefficient (Wildman–Crippen LogP) is 1.46. The molecule has 10 nitrogen and oxygen atoms in total. The van der Waals surface area contributed by atoms with Gasteiger partial charge in [-0.05, 0) is 43.5 Å². The second kappa shape index (κ2) is 11.7. The highest BCUT2D eigenvalue weighted by molar-refractivity contribution is 5.98. The summed E-state index contributed by atoms with van der Waals surface area (Å²) in [5, 5.41) is 16.4. The zero-order valence-corrected chi connectivity index (χ0v) is 20.4. The van der Waals surface area contributed by atoms with Gasteiger partial charge >= 0.3 is 6.09 Å². The van der Waals surface area contributed by atoms with E-state index in [0.717, 1.165) is 11.1 Å². The van der Waals surface area contributed by atoms with Gasteiger partial charge in [0, 0.05) is 6.42 Å². The molecule has 0 spiro atoms. The average Bonchev–Trinajstić information content (AvgIpc) is 3.61. The van der Waals surface area contributed by atoms with Gasteiger partial charge < -0.3 is 30.5 Å². The van der Waals surface area contributed by atoms with Crippen molar-refractivity contribution in [1.82, 2.24) is 16.0 Å². The van der Waals surface area contributed by atoms with E-state index in [0.29, 0.717) is 5.75 Å². The molecule has 0 unspecified atom stereocenters. The lowest BCUT2D eigenvalue weighted by atomic mass is 9.94. The fourth-order valence-electron chi connectivity index (χ4n) is 3.70. The highest BCUT2D eigenvalue weighted by Gasteiger charge is 2.50. The van der Waals surface area contributed by atoms with Crippen molar-refractivity contribution in [3.05, 3.63) is 65.7 Å². The maximum atomic E-state index is 13.4. The first-order chi connectivity index (χ1) is 17.1. The van der Waals surface area contributed by atoms with E-state index in [-0.39, 0.29) is 25.2 Å². The topological polar surface area (TPSA) is 146 Å². The number of rotatable bonds is 12. The molecule has 0 aliphatic carbocycles. The van der Waals surface area contributed by atoms with Gasteiger partial charge in [-0.2, -0.15) is 0 Å². The maximum Gasteiger partial charge on any atom is 0.405 e. The second-order valence-electron chi connectivity index (χ2n) is 8.92. The van der Waals surface area contributed by atoms with Gasteiger partial charge in [-0.1, -0.05) is 42.5 Å². The van der Waals surface area contributed by atoms with Gasteiger partial charge in [0.25, 0.3) is 0 Å². The van der Waals surface area contributed by atoms with Crippen LogP contribution in [-0.4, -0.2) is 66.2 Å². The molecule has 1 saturated heterocycles. The Kier molecular flexibility index (Phi) is 8.65. The summed E-state index contributed by atoms with van der Waals surface area (Å²) in [7, 11) is 1.54. The molecule has 3 amide bonds. The molecule has 2 aromatic rings. The van der Waals surface area contributed by atoms with Crippen molar-refractivity contribution in [2.45, 2.75) is 50.4 Å². The van der Waals surface area contributed by atoms with Gasteiger partial charge in [0.2, 0.25) is 11.8 Å². The number of Topliss-reactive ketones (excluding diaryl/α,β-unsaturated/α-hetero) is 1. The van der Waals surface area contributed by atoms with E-state index in [1.807, 2.05) is 30.3 Å². The van der Waals surface area contributed by atoms with Crippen molar-refractivity contribution < 1.29 is 33.8 Å². The summed E-state index contributed by atoms with van der Waals surface area (Å²) in [5.41, 5.74) is 0.635. The molecule has 2 aromatic carbocycles. The molecule has 0 bridgehead atoms. The lowest BCUT2D eigenvalue weighted by molar-refractivity contribution is -0.133. The number of carbonyl (C=O) groups excluding carboxylic acids is 3. The highest BCUT2D eigenvalue weighted by atomic mass is 16.6. The molecule has 36 heavy (non-hydrogen) atoms. The van der Waals surface area contributed by atoms with Crippen molar-refractivity contribution in [2.75, 3.05) is 13.7 Å². The third kappa shape index (κ3) is 7.29. The zero-order chi connectivity index (χ0) is 26.3. The van der Waals surface area contributed by atoms with Crippen LogP contribution in [0.1, 0.15) is 25.0 Å². The van der Waals surface area contributed by atoms with E-state index in [9.17, 15) is 19.2 Å². The van der Waals surface area contributed by atoms with E-state index in [1.165, 1.54) is 14.0 Å². The normalized spacial score (nSPS) is 18.8. The number of benzene rings is 2. The molecule has 0 radical (unpaired) electrons. The van der Waals surface area contributed by atoms with E-state index >= 15 is 0 Å². The van der Waals surface area contributed by atoms with Crippen LogP contribution < -0.4 is 20.7 Å². The molecule has 1 aliphatic heterocycles. The molecular weight excluding hydrogens is 466 g/mol. The number of hydrogen-bond acceptors (Lipinski definition) is 6. The minimum absolute atomic E-state index is 0.112. The number of carbonyl (C=O) groups is 4. The maximum absolute atomic E-state index is 13.4. The summed E-state index contributed by atoms with van der Waals surface area (Å²) >= 11 is 0. The molecular formula is C26H31N3O7. The van der Waals surface area contributed by atoms with Crippen LogP contribution in [0.2, 0.25) is 0 Å². The van der Waals surface area contributed by atoms with Crippen molar-refractivity contribution in [2.24, 2.45) is 0 Å².